The standard InChI is InChI=1S/C13H24/c1-4-5-6-12-7-9-13(10-8-12)11(2)3/h7,9,11-13H,4-6,8,10H2,1-3H3/t12-,13+/m0/s1. The number of hydrogen-bond acceptors (Lipinski definition) is 0. The summed E-state index contributed by atoms with van der Waals surface area (Å²) in [6.07, 6.45) is 12.0. The molecule has 0 fully saturated rings. The number of allylic oxidation sites excluding steroid dienone is 2. The van der Waals surface area contributed by atoms with E-state index < -0.39 is 0 Å². The number of unbranched alkanes of at least 4 members (excludes halogenated alkanes) is 1. The van der Waals surface area contributed by atoms with E-state index >= 15 is 0 Å². The summed E-state index contributed by atoms with van der Waals surface area (Å²) in [6, 6.07) is 0. The van der Waals surface area contributed by atoms with Crippen LogP contribution in [-0.2, 0) is 0 Å². The molecule has 1 aliphatic carbocycles. The first-order valence-electron chi connectivity index (χ1n) is 5.92. The fourth-order valence-electron chi connectivity index (χ4n) is 2.16. The zero-order valence-corrected chi connectivity index (χ0v) is 9.42. The minimum Gasteiger partial charge on any atom is -0.0851 e. The molecule has 13 heavy (non-hydrogen) atoms. The smallest absolute Gasteiger partial charge is 0.0210 e. The molecule has 0 N–H and O–H groups in total. The Labute approximate surface area is 83.4 Å². The van der Waals surface area contributed by atoms with E-state index in [-0.39, 0.29) is 0 Å². The molecule has 1 rings (SSSR count). The Bertz CT molecular complexity index is 155. The summed E-state index contributed by atoms with van der Waals surface area (Å²) < 4.78 is 0. The van der Waals surface area contributed by atoms with Crippen molar-refractivity contribution >= 4 is 0 Å². The summed E-state index contributed by atoms with van der Waals surface area (Å²) >= 11 is 0. The number of hydrogen-bond donors (Lipinski definition) is 0. The van der Waals surface area contributed by atoms with Crippen LogP contribution in [0.4, 0.5) is 0 Å². The second kappa shape index (κ2) is 5.47. The van der Waals surface area contributed by atoms with E-state index in [4.69, 9.17) is 0 Å². The molecule has 1 aliphatic rings. The third-order valence-corrected chi connectivity index (χ3v) is 3.29. The molecule has 0 nitrogen and oxygen atoms in total. The molecule has 0 aromatic carbocycles. The third-order valence-electron chi connectivity index (χ3n) is 3.29. The van der Waals surface area contributed by atoms with Crippen molar-refractivity contribution in [2.45, 2.75) is 52.9 Å². The topological polar surface area (TPSA) is 0 Å². The van der Waals surface area contributed by atoms with Crippen molar-refractivity contribution in [1.82, 2.24) is 0 Å². The summed E-state index contributed by atoms with van der Waals surface area (Å²) in [5.74, 6) is 2.59. The van der Waals surface area contributed by atoms with Gasteiger partial charge < -0.3 is 0 Å². The van der Waals surface area contributed by atoms with Gasteiger partial charge in [-0.15, -0.1) is 0 Å². The average molecular weight is 180 g/mol. The maximum atomic E-state index is 2.48. The van der Waals surface area contributed by atoms with Crippen LogP contribution in [0, 0.1) is 17.8 Å². The van der Waals surface area contributed by atoms with Crippen LogP contribution in [0.3, 0.4) is 0 Å². The van der Waals surface area contributed by atoms with Gasteiger partial charge in [0.15, 0.2) is 0 Å². The first-order chi connectivity index (χ1) is 6.24. The maximum absolute atomic E-state index is 2.48. The van der Waals surface area contributed by atoms with Crippen molar-refractivity contribution in [3.8, 4) is 0 Å². The van der Waals surface area contributed by atoms with Gasteiger partial charge in [-0.2, -0.15) is 0 Å². The molecule has 0 aromatic heterocycles. The van der Waals surface area contributed by atoms with Crippen molar-refractivity contribution in [3.63, 3.8) is 0 Å². The normalized spacial score (nSPS) is 28.3. The molecule has 0 unspecified atom stereocenters. The maximum Gasteiger partial charge on any atom is -0.0210 e. The van der Waals surface area contributed by atoms with Gasteiger partial charge in [0.2, 0.25) is 0 Å². The van der Waals surface area contributed by atoms with Crippen molar-refractivity contribution < 1.29 is 0 Å². The lowest BCUT2D eigenvalue weighted by Crippen LogP contribution is -2.13. The molecule has 0 aromatic rings. The van der Waals surface area contributed by atoms with Gasteiger partial charge in [-0.3, -0.25) is 0 Å². The van der Waals surface area contributed by atoms with E-state index in [0.29, 0.717) is 0 Å². The molecular formula is C13H24. The minimum absolute atomic E-state index is 0.836. The zero-order chi connectivity index (χ0) is 9.68. The molecule has 76 valence electrons. The Balaban J connectivity index is 2.29. The second-order valence-electron chi connectivity index (χ2n) is 4.77. The lowest BCUT2D eigenvalue weighted by atomic mass is 9.81. The van der Waals surface area contributed by atoms with Crippen LogP contribution in [0.1, 0.15) is 52.9 Å². The molecular weight excluding hydrogens is 156 g/mol. The van der Waals surface area contributed by atoms with E-state index in [1.807, 2.05) is 0 Å². The van der Waals surface area contributed by atoms with Crippen LogP contribution in [0.2, 0.25) is 0 Å². The Hall–Kier alpha value is -0.260. The predicted molar refractivity (Wildman–Crippen MR) is 59.7 cm³/mol. The highest BCUT2D eigenvalue weighted by atomic mass is 14.2. The third kappa shape index (κ3) is 3.54. The molecule has 0 bridgehead atoms. The van der Waals surface area contributed by atoms with Crippen molar-refractivity contribution in [1.29, 1.82) is 0 Å². The Morgan fingerprint density at radius 2 is 2.00 bits per heavy atom. The van der Waals surface area contributed by atoms with Gasteiger partial charge in [0.25, 0.3) is 0 Å². The molecule has 0 spiro atoms. The summed E-state index contributed by atoms with van der Waals surface area (Å²) in [4.78, 5) is 0. The quantitative estimate of drug-likeness (QED) is 0.562. The van der Waals surface area contributed by atoms with Gasteiger partial charge in [0.05, 0.1) is 0 Å². The average Bonchev–Trinajstić information content (AvgIpc) is 2.15. The van der Waals surface area contributed by atoms with Gasteiger partial charge >= 0.3 is 0 Å². The lowest BCUT2D eigenvalue weighted by molar-refractivity contribution is 0.362. The zero-order valence-electron chi connectivity index (χ0n) is 9.42. The first kappa shape index (κ1) is 10.8. The van der Waals surface area contributed by atoms with E-state index in [2.05, 4.69) is 32.9 Å². The van der Waals surface area contributed by atoms with Crippen molar-refractivity contribution in [3.05, 3.63) is 12.2 Å². The molecule has 0 amide bonds. The highest BCUT2D eigenvalue weighted by Crippen LogP contribution is 2.29. The molecule has 2 atom stereocenters. The summed E-state index contributed by atoms with van der Waals surface area (Å²) in [5, 5.41) is 0. The van der Waals surface area contributed by atoms with Crippen LogP contribution < -0.4 is 0 Å². The van der Waals surface area contributed by atoms with Crippen LogP contribution in [0.5, 0.6) is 0 Å². The summed E-state index contributed by atoms with van der Waals surface area (Å²) in [7, 11) is 0. The second-order valence-corrected chi connectivity index (χ2v) is 4.77. The molecule has 0 saturated carbocycles. The largest absolute Gasteiger partial charge is 0.0851 e. The number of rotatable bonds is 4. The molecule has 0 heterocycles. The minimum atomic E-state index is 0.836. The molecule has 0 saturated heterocycles. The molecule has 0 radical (unpaired) electrons. The van der Waals surface area contributed by atoms with Gasteiger partial charge in [0, 0.05) is 0 Å². The van der Waals surface area contributed by atoms with Crippen LogP contribution in [0.25, 0.3) is 0 Å². The fraction of sp³-hybridized carbons (Fsp3) is 0.846. The lowest BCUT2D eigenvalue weighted by Gasteiger charge is -2.25. The van der Waals surface area contributed by atoms with Gasteiger partial charge in [0.1, 0.15) is 0 Å². The molecule has 0 aliphatic heterocycles. The van der Waals surface area contributed by atoms with Gasteiger partial charge in [-0.25, -0.2) is 0 Å². The monoisotopic (exact) mass is 180 g/mol. The highest BCUT2D eigenvalue weighted by Gasteiger charge is 2.17. The van der Waals surface area contributed by atoms with E-state index in [1.54, 1.807) is 0 Å². The summed E-state index contributed by atoms with van der Waals surface area (Å²) in [6.45, 7) is 6.95. The van der Waals surface area contributed by atoms with Gasteiger partial charge in [-0.1, -0.05) is 45.8 Å². The predicted octanol–water partition coefficient (Wildman–Crippen LogP) is 4.42. The van der Waals surface area contributed by atoms with E-state index in [1.165, 1.54) is 32.1 Å². The summed E-state index contributed by atoms with van der Waals surface area (Å²) in [5.41, 5.74) is 0. The highest BCUT2D eigenvalue weighted by molar-refractivity contribution is 4.98. The molecule has 0 heteroatoms. The van der Waals surface area contributed by atoms with Crippen molar-refractivity contribution in [2.75, 3.05) is 0 Å². The van der Waals surface area contributed by atoms with Crippen molar-refractivity contribution in [2.24, 2.45) is 17.8 Å². The fourth-order valence-corrected chi connectivity index (χ4v) is 2.16. The Morgan fingerprint density at radius 3 is 2.46 bits per heavy atom. The van der Waals surface area contributed by atoms with Crippen LogP contribution in [0.15, 0.2) is 12.2 Å². The van der Waals surface area contributed by atoms with Gasteiger partial charge in [-0.05, 0) is 37.0 Å². The Morgan fingerprint density at radius 1 is 1.23 bits per heavy atom. The van der Waals surface area contributed by atoms with Crippen LogP contribution in [-0.4, -0.2) is 0 Å². The first-order valence-corrected chi connectivity index (χ1v) is 5.92. The Kier molecular flexibility index (Phi) is 4.55. The van der Waals surface area contributed by atoms with E-state index in [0.717, 1.165) is 17.8 Å². The van der Waals surface area contributed by atoms with E-state index in [9.17, 15) is 0 Å². The SMILES string of the molecule is CCCC[C@H]1C=C[C@@H](C(C)C)CC1. The van der Waals surface area contributed by atoms with Crippen LogP contribution >= 0.6 is 0 Å².